The first-order valence-corrected chi connectivity index (χ1v) is 5.48. The van der Waals surface area contributed by atoms with E-state index in [4.69, 9.17) is 15.6 Å². The molecule has 0 saturated carbocycles. The fourth-order valence-corrected chi connectivity index (χ4v) is 1.54. The Kier molecular flexibility index (Phi) is 4.78. The average Bonchev–Trinajstić information content (AvgIpc) is 2.29. The summed E-state index contributed by atoms with van der Waals surface area (Å²) in [5.41, 5.74) is 6.34. The predicted octanol–water partition coefficient (Wildman–Crippen LogP) is 1.66. The summed E-state index contributed by atoms with van der Waals surface area (Å²) < 4.78 is 5.23. The van der Waals surface area contributed by atoms with Crippen molar-refractivity contribution in [1.29, 1.82) is 0 Å². The first-order valence-electron chi connectivity index (χ1n) is 5.48. The molecule has 0 aliphatic carbocycles. The number of rotatable bonds is 6. The number of phenolic OH excluding ortho intramolecular Hbond substituents is 1. The molecule has 0 fully saturated rings. The molecule has 0 spiro atoms. The molecule has 0 aliphatic rings. The number of ether oxygens (including phenoxy) is 1. The second kappa shape index (κ2) is 6.10. The molecule has 1 aromatic rings. The maximum absolute atomic E-state index is 10.4. The van der Waals surface area contributed by atoms with E-state index in [9.17, 15) is 9.90 Å². The normalized spacial score (nSPS) is 12.1. The minimum atomic E-state index is -0.902. The van der Waals surface area contributed by atoms with E-state index in [1.165, 1.54) is 0 Å². The summed E-state index contributed by atoms with van der Waals surface area (Å²) in [5.74, 6) is -0.538. The van der Waals surface area contributed by atoms with E-state index in [0.29, 0.717) is 17.9 Å². The van der Waals surface area contributed by atoms with Gasteiger partial charge in [-0.15, -0.1) is 0 Å². The Hall–Kier alpha value is -1.75. The van der Waals surface area contributed by atoms with Crippen molar-refractivity contribution < 1.29 is 19.7 Å². The highest BCUT2D eigenvalue weighted by atomic mass is 16.5. The number of nitrogens with two attached hydrogens (primary N) is 1. The van der Waals surface area contributed by atoms with Gasteiger partial charge in [0, 0.05) is 18.0 Å². The lowest BCUT2D eigenvalue weighted by molar-refractivity contribution is -0.137. The van der Waals surface area contributed by atoms with Crippen LogP contribution in [0.5, 0.6) is 11.5 Å². The predicted molar refractivity (Wildman–Crippen MR) is 63.1 cm³/mol. The minimum absolute atomic E-state index is 0.00719. The summed E-state index contributed by atoms with van der Waals surface area (Å²) in [6.07, 6.45) is 0.248. The van der Waals surface area contributed by atoms with Gasteiger partial charge in [-0.25, -0.2) is 0 Å². The molecule has 17 heavy (non-hydrogen) atoms. The lowest BCUT2D eigenvalue weighted by Crippen LogP contribution is -2.12. The molecule has 0 aromatic heterocycles. The average molecular weight is 239 g/mol. The van der Waals surface area contributed by atoms with E-state index in [-0.39, 0.29) is 18.6 Å². The minimum Gasteiger partial charge on any atom is -0.504 e. The SMILES string of the molecule is CCOc1cccc(C(N)CCC(=O)O)c1O. The summed E-state index contributed by atoms with van der Waals surface area (Å²) in [6, 6.07) is 4.53. The Bertz CT molecular complexity index is 392. The summed E-state index contributed by atoms with van der Waals surface area (Å²) >= 11 is 0. The first-order chi connectivity index (χ1) is 8.06. The number of benzene rings is 1. The lowest BCUT2D eigenvalue weighted by atomic mass is 10.0. The van der Waals surface area contributed by atoms with E-state index >= 15 is 0 Å². The van der Waals surface area contributed by atoms with Gasteiger partial charge < -0.3 is 20.7 Å². The Morgan fingerprint density at radius 2 is 2.24 bits per heavy atom. The van der Waals surface area contributed by atoms with Crippen molar-refractivity contribution in [3.8, 4) is 11.5 Å². The zero-order valence-electron chi connectivity index (χ0n) is 9.72. The summed E-state index contributed by atoms with van der Waals surface area (Å²) in [4.78, 5) is 10.4. The molecule has 0 amide bonds. The molecule has 0 radical (unpaired) electrons. The number of aliphatic carboxylic acids is 1. The van der Waals surface area contributed by atoms with Crippen LogP contribution in [-0.2, 0) is 4.79 Å². The van der Waals surface area contributed by atoms with Crippen LogP contribution in [0, 0.1) is 0 Å². The molecule has 94 valence electrons. The maximum Gasteiger partial charge on any atom is 0.303 e. The van der Waals surface area contributed by atoms with E-state index in [1.54, 1.807) is 18.2 Å². The molecule has 1 aromatic carbocycles. The molecule has 4 N–H and O–H groups in total. The van der Waals surface area contributed by atoms with Crippen LogP contribution >= 0.6 is 0 Å². The van der Waals surface area contributed by atoms with Gasteiger partial charge in [-0.2, -0.15) is 0 Å². The fraction of sp³-hybridized carbons (Fsp3) is 0.417. The summed E-state index contributed by atoms with van der Waals surface area (Å²) in [5, 5.41) is 18.5. The molecule has 1 unspecified atom stereocenters. The molecule has 5 heteroatoms. The molecule has 1 atom stereocenters. The third kappa shape index (κ3) is 3.64. The zero-order valence-corrected chi connectivity index (χ0v) is 9.72. The Labute approximate surface area is 99.8 Å². The van der Waals surface area contributed by atoms with Gasteiger partial charge in [0.2, 0.25) is 0 Å². The molecule has 0 saturated heterocycles. The van der Waals surface area contributed by atoms with E-state index in [0.717, 1.165) is 0 Å². The van der Waals surface area contributed by atoms with Crippen molar-refractivity contribution in [2.45, 2.75) is 25.8 Å². The largest absolute Gasteiger partial charge is 0.504 e. The summed E-state index contributed by atoms with van der Waals surface area (Å²) in [6.45, 7) is 2.26. The van der Waals surface area contributed by atoms with Crippen LogP contribution in [0.15, 0.2) is 18.2 Å². The van der Waals surface area contributed by atoms with Gasteiger partial charge in [0.15, 0.2) is 11.5 Å². The Morgan fingerprint density at radius 1 is 1.53 bits per heavy atom. The Morgan fingerprint density at radius 3 is 2.82 bits per heavy atom. The topological polar surface area (TPSA) is 92.8 Å². The molecule has 0 heterocycles. The van der Waals surface area contributed by atoms with Gasteiger partial charge in [0.1, 0.15) is 0 Å². The zero-order chi connectivity index (χ0) is 12.8. The van der Waals surface area contributed by atoms with Crippen molar-refractivity contribution in [2.24, 2.45) is 5.73 Å². The number of hydrogen-bond donors (Lipinski definition) is 3. The van der Waals surface area contributed by atoms with Crippen LogP contribution in [-0.4, -0.2) is 22.8 Å². The van der Waals surface area contributed by atoms with Crippen molar-refractivity contribution in [2.75, 3.05) is 6.61 Å². The number of phenols is 1. The van der Waals surface area contributed by atoms with Crippen LogP contribution in [0.25, 0.3) is 0 Å². The van der Waals surface area contributed by atoms with Gasteiger partial charge in [0.05, 0.1) is 6.61 Å². The highest BCUT2D eigenvalue weighted by Crippen LogP contribution is 2.34. The number of para-hydroxylation sites is 1. The number of hydrogen-bond acceptors (Lipinski definition) is 4. The van der Waals surface area contributed by atoms with Crippen LogP contribution < -0.4 is 10.5 Å². The highest BCUT2D eigenvalue weighted by Gasteiger charge is 2.15. The molecule has 0 aliphatic heterocycles. The number of carbonyl (C=O) groups is 1. The van der Waals surface area contributed by atoms with Crippen LogP contribution in [0.3, 0.4) is 0 Å². The van der Waals surface area contributed by atoms with Crippen molar-refractivity contribution in [3.63, 3.8) is 0 Å². The Balaban J connectivity index is 2.82. The van der Waals surface area contributed by atoms with Gasteiger partial charge in [-0.3, -0.25) is 4.79 Å². The fourth-order valence-electron chi connectivity index (χ4n) is 1.54. The van der Waals surface area contributed by atoms with E-state index < -0.39 is 12.0 Å². The standard InChI is InChI=1S/C12H17NO4/c1-2-17-10-5-3-4-8(12(10)16)9(13)6-7-11(14)15/h3-5,9,16H,2,6-7,13H2,1H3,(H,14,15). The van der Waals surface area contributed by atoms with Crippen LogP contribution in [0.4, 0.5) is 0 Å². The smallest absolute Gasteiger partial charge is 0.303 e. The molecule has 5 nitrogen and oxygen atoms in total. The van der Waals surface area contributed by atoms with Crippen molar-refractivity contribution in [1.82, 2.24) is 0 Å². The molecular formula is C12H17NO4. The van der Waals surface area contributed by atoms with E-state index in [2.05, 4.69) is 0 Å². The van der Waals surface area contributed by atoms with Crippen LogP contribution in [0.2, 0.25) is 0 Å². The quantitative estimate of drug-likeness (QED) is 0.702. The van der Waals surface area contributed by atoms with Gasteiger partial charge in [0.25, 0.3) is 0 Å². The molecular weight excluding hydrogens is 222 g/mol. The molecule has 0 bridgehead atoms. The number of carboxylic acid groups (broad SMARTS) is 1. The third-order valence-corrected chi connectivity index (χ3v) is 2.40. The third-order valence-electron chi connectivity index (χ3n) is 2.40. The maximum atomic E-state index is 10.4. The highest BCUT2D eigenvalue weighted by molar-refractivity contribution is 5.66. The van der Waals surface area contributed by atoms with Crippen molar-refractivity contribution >= 4 is 5.97 Å². The molecule has 1 rings (SSSR count). The van der Waals surface area contributed by atoms with Gasteiger partial charge >= 0.3 is 5.97 Å². The van der Waals surface area contributed by atoms with Gasteiger partial charge in [-0.1, -0.05) is 12.1 Å². The second-order valence-corrected chi connectivity index (χ2v) is 3.67. The second-order valence-electron chi connectivity index (χ2n) is 3.67. The summed E-state index contributed by atoms with van der Waals surface area (Å²) in [7, 11) is 0. The number of aromatic hydroxyl groups is 1. The first kappa shape index (κ1) is 13.3. The monoisotopic (exact) mass is 239 g/mol. The number of carboxylic acids is 1. The van der Waals surface area contributed by atoms with Crippen LogP contribution in [0.1, 0.15) is 31.4 Å². The lowest BCUT2D eigenvalue weighted by Gasteiger charge is -2.15. The van der Waals surface area contributed by atoms with E-state index in [1.807, 2.05) is 6.92 Å². The van der Waals surface area contributed by atoms with Crippen molar-refractivity contribution in [3.05, 3.63) is 23.8 Å². The van der Waals surface area contributed by atoms with Gasteiger partial charge in [-0.05, 0) is 19.4 Å².